The van der Waals surface area contributed by atoms with E-state index in [2.05, 4.69) is 26.6 Å². The van der Waals surface area contributed by atoms with Gasteiger partial charge in [-0.2, -0.15) is 5.26 Å². The first-order chi connectivity index (χ1) is 15.0. The highest BCUT2D eigenvalue weighted by Gasteiger charge is 2.27. The number of rotatable bonds is 6. The Morgan fingerprint density at radius 2 is 2.16 bits per heavy atom. The number of piperidine rings is 1. The van der Waals surface area contributed by atoms with Crippen molar-refractivity contribution < 1.29 is 9.59 Å². The van der Waals surface area contributed by atoms with Crippen molar-refractivity contribution in [3.8, 4) is 6.07 Å². The van der Waals surface area contributed by atoms with Crippen LogP contribution in [0.1, 0.15) is 47.4 Å². The first kappa shape index (κ1) is 21.5. The number of fused-ring (bicyclic) bond motifs is 1. The van der Waals surface area contributed by atoms with Crippen LogP contribution in [0.3, 0.4) is 0 Å². The molecule has 3 heterocycles. The lowest BCUT2D eigenvalue weighted by Gasteiger charge is -2.31. The molecule has 1 aliphatic heterocycles. The smallest absolute Gasteiger partial charge is 0.229 e. The van der Waals surface area contributed by atoms with Gasteiger partial charge in [-0.3, -0.25) is 9.59 Å². The van der Waals surface area contributed by atoms with E-state index in [-0.39, 0.29) is 17.7 Å². The molecule has 0 aromatic carbocycles. The molecule has 2 N–H and O–H groups in total. The highest BCUT2D eigenvalue weighted by atomic mass is 32.1. The number of likely N-dealkylation sites (tertiary alicyclic amines) is 1. The number of aromatic nitrogens is 1. The summed E-state index contributed by atoms with van der Waals surface area (Å²) in [5, 5.41) is 16.0. The van der Waals surface area contributed by atoms with Crippen molar-refractivity contribution in [3.05, 3.63) is 39.9 Å². The molecule has 1 fully saturated rings. The molecule has 0 radical (unpaired) electrons. The van der Waals surface area contributed by atoms with Crippen molar-refractivity contribution in [2.75, 3.05) is 30.3 Å². The number of hydrogen-bond donors (Lipinski definition) is 2. The van der Waals surface area contributed by atoms with E-state index in [4.69, 9.17) is 0 Å². The quantitative estimate of drug-likeness (QED) is 0.721. The van der Waals surface area contributed by atoms with E-state index in [0.29, 0.717) is 35.9 Å². The van der Waals surface area contributed by atoms with Gasteiger partial charge in [-0.25, -0.2) is 4.98 Å². The van der Waals surface area contributed by atoms with Crippen molar-refractivity contribution in [2.24, 2.45) is 5.92 Å². The number of aryl methyl sites for hydroxylation is 2. The molecular formula is C23H27N5O2S. The highest BCUT2D eigenvalue weighted by Crippen LogP contribution is 2.38. The van der Waals surface area contributed by atoms with Crippen LogP contribution >= 0.6 is 11.3 Å². The summed E-state index contributed by atoms with van der Waals surface area (Å²) in [6.07, 6.45) is 5.14. The summed E-state index contributed by atoms with van der Waals surface area (Å²) in [5.74, 6) is 0.383. The van der Waals surface area contributed by atoms with Crippen LogP contribution in [0.5, 0.6) is 0 Å². The zero-order valence-corrected chi connectivity index (χ0v) is 18.6. The van der Waals surface area contributed by atoms with Gasteiger partial charge in [-0.05, 0) is 63.3 Å². The van der Waals surface area contributed by atoms with Gasteiger partial charge >= 0.3 is 0 Å². The van der Waals surface area contributed by atoms with Gasteiger partial charge in [0.2, 0.25) is 11.8 Å². The maximum absolute atomic E-state index is 12.7. The van der Waals surface area contributed by atoms with Crippen LogP contribution in [0.15, 0.2) is 18.2 Å². The van der Waals surface area contributed by atoms with E-state index < -0.39 is 0 Å². The molecule has 4 rings (SSSR count). The summed E-state index contributed by atoms with van der Waals surface area (Å²) in [6.45, 7) is 4.02. The average molecular weight is 438 g/mol. The maximum Gasteiger partial charge on any atom is 0.229 e. The molecule has 31 heavy (non-hydrogen) atoms. The SMILES string of the molecule is Cc1cccc(NC(=O)C2CCCN(CCC(=O)Nc3sc4c(c3C#N)CCC4)C2)n1. The summed E-state index contributed by atoms with van der Waals surface area (Å²) in [4.78, 5) is 32.9. The molecule has 0 spiro atoms. The molecule has 1 saturated heterocycles. The van der Waals surface area contributed by atoms with Gasteiger partial charge < -0.3 is 15.5 Å². The number of pyridine rings is 1. The Morgan fingerprint density at radius 3 is 2.97 bits per heavy atom. The Bertz CT molecular complexity index is 1030. The van der Waals surface area contributed by atoms with Gasteiger partial charge in [0, 0.05) is 30.1 Å². The largest absolute Gasteiger partial charge is 0.317 e. The van der Waals surface area contributed by atoms with Crippen LogP contribution in [0.25, 0.3) is 0 Å². The van der Waals surface area contributed by atoms with E-state index in [1.807, 2.05) is 19.1 Å². The molecule has 2 aliphatic rings. The number of thiophene rings is 1. The minimum absolute atomic E-state index is 0.0148. The van der Waals surface area contributed by atoms with E-state index in [1.54, 1.807) is 17.4 Å². The summed E-state index contributed by atoms with van der Waals surface area (Å²) >= 11 is 1.54. The molecule has 1 unspecified atom stereocenters. The number of nitriles is 1. The number of carbonyl (C=O) groups is 2. The second-order valence-corrected chi connectivity index (χ2v) is 9.37. The van der Waals surface area contributed by atoms with E-state index >= 15 is 0 Å². The fraction of sp³-hybridized carbons (Fsp3) is 0.478. The Hall–Kier alpha value is -2.76. The molecule has 7 nitrogen and oxygen atoms in total. The number of amides is 2. The molecule has 1 atom stereocenters. The molecule has 0 saturated carbocycles. The van der Waals surface area contributed by atoms with Crippen molar-refractivity contribution in [1.29, 1.82) is 5.26 Å². The predicted octanol–water partition coefficient (Wildman–Crippen LogP) is 3.49. The van der Waals surface area contributed by atoms with Crippen molar-refractivity contribution >= 4 is 34.0 Å². The third-order valence-corrected chi connectivity index (χ3v) is 7.16. The Morgan fingerprint density at radius 1 is 1.29 bits per heavy atom. The van der Waals surface area contributed by atoms with Gasteiger partial charge in [0.05, 0.1) is 11.5 Å². The molecule has 2 aromatic rings. The Labute approximate surface area is 186 Å². The number of nitrogens with one attached hydrogen (secondary N) is 2. The third kappa shape index (κ3) is 5.12. The van der Waals surface area contributed by atoms with Crippen LogP contribution in [-0.4, -0.2) is 41.3 Å². The van der Waals surface area contributed by atoms with Crippen LogP contribution in [0, 0.1) is 24.2 Å². The molecule has 162 valence electrons. The van der Waals surface area contributed by atoms with Crippen LogP contribution in [-0.2, 0) is 22.4 Å². The second kappa shape index (κ2) is 9.58. The van der Waals surface area contributed by atoms with Gasteiger partial charge in [-0.1, -0.05) is 6.07 Å². The fourth-order valence-corrected chi connectivity index (χ4v) is 5.63. The molecule has 1 aliphatic carbocycles. The van der Waals surface area contributed by atoms with E-state index in [9.17, 15) is 14.9 Å². The summed E-state index contributed by atoms with van der Waals surface area (Å²) in [5.41, 5.74) is 2.63. The van der Waals surface area contributed by atoms with Gasteiger partial charge in [0.15, 0.2) is 0 Å². The predicted molar refractivity (Wildman–Crippen MR) is 121 cm³/mol. The lowest BCUT2D eigenvalue weighted by molar-refractivity contribution is -0.121. The number of carbonyl (C=O) groups excluding carboxylic acids is 2. The first-order valence-corrected chi connectivity index (χ1v) is 11.7. The number of nitrogens with zero attached hydrogens (tertiary/aromatic N) is 3. The zero-order valence-electron chi connectivity index (χ0n) is 17.7. The molecular weight excluding hydrogens is 410 g/mol. The standard InChI is InChI=1S/C23H27N5O2S/c1-15-5-2-9-20(25-15)26-22(30)16-6-4-11-28(14-16)12-10-21(29)27-23-18(13-24)17-7-3-8-19(17)31-23/h2,5,9,16H,3-4,6-8,10-12,14H2,1H3,(H,27,29)(H,25,26,30). The maximum atomic E-state index is 12.7. The van der Waals surface area contributed by atoms with Crippen molar-refractivity contribution in [3.63, 3.8) is 0 Å². The van der Waals surface area contributed by atoms with Gasteiger partial charge in [-0.15, -0.1) is 11.3 Å². The van der Waals surface area contributed by atoms with E-state index in [1.165, 1.54) is 4.88 Å². The van der Waals surface area contributed by atoms with Crippen LogP contribution in [0.4, 0.5) is 10.8 Å². The number of hydrogen-bond acceptors (Lipinski definition) is 6. The third-order valence-electron chi connectivity index (χ3n) is 5.96. The molecule has 2 aromatic heterocycles. The minimum atomic E-state index is -0.107. The normalized spacial score (nSPS) is 18.3. The first-order valence-electron chi connectivity index (χ1n) is 10.8. The molecule has 8 heteroatoms. The van der Waals surface area contributed by atoms with Gasteiger partial charge in [0.1, 0.15) is 16.9 Å². The highest BCUT2D eigenvalue weighted by molar-refractivity contribution is 7.16. The summed E-state index contributed by atoms with van der Waals surface area (Å²) in [6, 6.07) is 7.84. The van der Waals surface area contributed by atoms with Crippen molar-refractivity contribution in [2.45, 2.75) is 45.4 Å². The average Bonchev–Trinajstić information content (AvgIpc) is 3.33. The Kier molecular flexibility index (Phi) is 6.64. The monoisotopic (exact) mass is 437 g/mol. The lowest BCUT2D eigenvalue weighted by atomic mass is 9.97. The van der Waals surface area contributed by atoms with Crippen molar-refractivity contribution in [1.82, 2.24) is 9.88 Å². The molecule has 2 amide bonds. The summed E-state index contributed by atoms with van der Waals surface area (Å²) < 4.78 is 0. The minimum Gasteiger partial charge on any atom is -0.317 e. The topological polar surface area (TPSA) is 98.1 Å². The van der Waals surface area contributed by atoms with Crippen LogP contribution < -0.4 is 10.6 Å². The Balaban J connectivity index is 1.27. The summed E-state index contributed by atoms with van der Waals surface area (Å²) in [7, 11) is 0. The second-order valence-electron chi connectivity index (χ2n) is 8.26. The molecule has 0 bridgehead atoms. The van der Waals surface area contributed by atoms with Gasteiger partial charge in [0.25, 0.3) is 0 Å². The van der Waals surface area contributed by atoms with E-state index in [0.717, 1.165) is 49.9 Å². The zero-order chi connectivity index (χ0) is 21.8. The lowest BCUT2D eigenvalue weighted by Crippen LogP contribution is -2.41. The fourth-order valence-electron chi connectivity index (χ4n) is 4.37. The van der Waals surface area contributed by atoms with Crippen LogP contribution in [0.2, 0.25) is 0 Å². The number of anilines is 2.